The van der Waals surface area contributed by atoms with Crippen LogP contribution in [-0.4, -0.2) is 12.1 Å². The van der Waals surface area contributed by atoms with Crippen molar-refractivity contribution in [3.63, 3.8) is 0 Å². The molecule has 2 atom stereocenters. The Hall–Kier alpha value is -0.340. The van der Waals surface area contributed by atoms with Gasteiger partial charge in [-0.1, -0.05) is 180 Å². The fraction of sp³-hybridized carbons (Fsp3) is 0.944. The SMILES string of the molecule is CCCCCCCC/C=C\CCCCCCCC(N)C(N)CCCCCCCCCCCCCCCCC. The van der Waals surface area contributed by atoms with Gasteiger partial charge in [0.05, 0.1) is 0 Å². The third-order valence-corrected chi connectivity index (χ3v) is 8.49. The summed E-state index contributed by atoms with van der Waals surface area (Å²) in [6.45, 7) is 4.59. The minimum atomic E-state index is 0.201. The summed E-state index contributed by atoms with van der Waals surface area (Å²) in [5, 5.41) is 0. The molecule has 0 aromatic carbocycles. The van der Waals surface area contributed by atoms with Crippen molar-refractivity contribution in [2.45, 2.75) is 219 Å². The van der Waals surface area contributed by atoms with Gasteiger partial charge in [0.2, 0.25) is 0 Å². The van der Waals surface area contributed by atoms with Crippen LogP contribution in [0.4, 0.5) is 0 Å². The molecule has 0 spiro atoms. The highest BCUT2D eigenvalue weighted by molar-refractivity contribution is 4.81. The number of allylic oxidation sites excluding steroid dienone is 2. The quantitative estimate of drug-likeness (QED) is 0.0665. The van der Waals surface area contributed by atoms with E-state index in [4.69, 9.17) is 11.5 Å². The molecular formula is C36H74N2. The highest BCUT2D eigenvalue weighted by Crippen LogP contribution is 2.16. The molecular weight excluding hydrogens is 460 g/mol. The van der Waals surface area contributed by atoms with Gasteiger partial charge in [-0.15, -0.1) is 0 Å². The van der Waals surface area contributed by atoms with E-state index >= 15 is 0 Å². The minimum absolute atomic E-state index is 0.201. The first-order valence-corrected chi connectivity index (χ1v) is 17.9. The van der Waals surface area contributed by atoms with Crippen molar-refractivity contribution in [1.82, 2.24) is 0 Å². The second-order valence-corrected chi connectivity index (χ2v) is 12.4. The highest BCUT2D eigenvalue weighted by atomic mass is 14.8. The number of hydrogen-bond donors (Lipinski definition) is 2. The second-order valence-electron chi connectivity index (χ2n) is 12.4. The molecule has 0 aliphatic heterocycles. The zero-order valence-corrected chi connectivity index (χ0v) is 26.7. The van der Waals surface area contributed by atoms with Crippen LogP contribution < -0.4 is 11.5 Å². The fourth-order valence-electron chi connectivity index (χ4n) is 5.63. The van der Waals surface area contributed by atoms with E-state index < -0.39 is 0 Å². The monoisotopic (exact) mass is 535 g/mol. The molecule has 38 heavy (non-hydrogen) atoms. The number of hydrogen-bond acceptors (Lipinski definition) is 2. The molecule has 2 heteroatoms. The van der Waals surface area contributed by atoms with Crippen molar-refractivity contribution in [3.05, 3.63) is 12.2 Å². The predicted molar refractivity (Wildman–Crippen MR) is 175 cm³/mol. The van der Waals surface area contributed by atoms with E-state index in [2.05, 4.69) is 26.0 Å². The first-order valence-electron chi connectivity index (χ1n) is 17.9. The summed E-state index contributed by atoms with van der Waals surface area (Å²) in [5.74, 6) is 0. The number of rotatable bonds is 32. The first-order chi connectivity index (χ1) is 18.7. The van der Waals surface area contributed by atoms with E-state index in [0.717, 1.165) is 12.8 Å². The molecule has 0 aliphatic carbocycles. The van der Waals surface area contributed by atoms with Crippen LogP contribution in [0.5, 0.6) is 0 Å². The van der Waals surface area contributed by atoms with E-state index in [1.54, 1.807) is 0 Å². The van der Waals surface area contributed by atoms with Crippen molar-refractivity contribution < 1.29 is 0 Å². The van der Waals surface area contributed by atoms with Gasteiger partial charge in [0.15, 0.2) is 0 Å². The predicted octanol–water partition coefficient (Wildman–Crippen LogP) is 11.9. The highest BCUT2D eigenvalue weighted by Gasteiger charge is 2.12. The van der Waals surface area contributed by atoms with E-state index in [1.807, 2.05) is 0 Å². The van der Waals surface area contributed by atoms with Gasteiger partial charge in [0.25, 0.3) is 0 Å². The van der Waals surface area contributed by atoms with E-state index in [-0.39, 0.29) is 12.1 Å². The summed E-state index contributed by atoms with van der Waals surface area (Å²) in [5.41, 5.74) is 12.8. The summed E-state index contributed by atoms with van der Waals surface area (Å²) in [6, 6.07) is 0.403. The summed E-state index contributed by atoms with van der Waals surface area (Å²) in [4.78, 5) is 0. The van der Waals surface area contributed by atoms with Crippen LogP contribution in [0.1, 0.15) is 206 Å². The summed E-state index contributed by atoms with van der Waals surface area (Å²) < 4.78 is 0. The maximum Gasteiger partial charge on any atom is 0.0192 e. The maximum atomic E-state index is 6.40. The van der Waals surface area contributed by atoms with Gasteiger partial charge < -0.3 is 11.5 Å². The Balaban J connectivity index is 3.31. The molecule has 0 saturated heterocycles. The molecule has 0 bridgehead atoms. The van der Waals surface area contributed by atoms with Crippen LogP contribution >= 0.6 is 0 Å². The Morgan fingerprint density at radius 1 is 0.342 bits per heavy atom. The zero-order valence-electron chi connectivity index (χ0n) is 26.7. The van der Waals surface area contributed by atoms with Gasteiger partial charge >= 0.3 is 0 Å². The average molecular weight is 535 g/mol. The normalized spacial score (nSPS) is 13.5. The molecule has 0 aromatic rings. The third-order valence-electron chi connectivity index (χ3n) is 8.49. The lowest BCUT2D eigenvalue weighted by molar-refractivity contribution is 0.429. The molecule has 0 rings (SSSR count). The Kier molecular flexibility index (Phi) is 32.6. The lowest BCUT2D eigenvalue weighted by atomic mass is 9.96. The summed E-state index contributed by atoms with van der Waals surface area (Å²) >= 11 is 0. The van der Waals surface area contributed by atoms with Gasteiger partial charge in [-0.2, -0.15) is 0 Å². The zero-order chi connectivity index (χ0) is 27.8. The van der Waals surface area contributed by atoms with Crippen LogP contribution in [0.25, 0.3) is 0 Å². The van der Waals surface area contributed by atoms with Gasteiger partial charge in [-0.05, 0) is 38.5 Å². The maximum absolute atomic E-state index is 6.40. The van der Waals surface area contributed by atoms with Crippen molar-refractivity contribution in [2.24, 2.45) is 11.5 Å². The molecule has 0 aliphatic rings. The molecule has 0 aromatic heterocycles. The van der Waals surface area contributed by atoms with Gasteiger partial charge in [-0.3, -0.25) is 0 Å². The smallest absolute Gasteiger partial charge is 0.0192 e. The number of unbranched alkanes of at least 4 members (excludes halogenated alkanes) is 25. The Morgan fingerprint density at radius 2 is 0.579 bits per heavy atom. The molecule has 2 unspecified atom stereocenters. The van der Waals surface area contributed by atoms with Crippen molar-refractivity contribution in [1.29, 1.82) is 0 Å². The third kappa shape index (κ3) is 30.2. The van der Waals surface area contributed by atoms with Gasteiger partial charge in [0.1, 0.15) is 0 Å². The first kappa shape index (κ1) is 37.7. The van der Waals surface area contributed by atoms with Gasteiger partial charge in [0, 0.05) is 12.1 Å². The van der Waals surface area contributed by atoms with E-state index in [0.29, 0.717) is 0 Å². The molecule has 0 heterocycles. The molecule has 2 nitrogen and oxygen atoms in total. The minimum Gasteiger partial charge on any atom is -0.326 e. The molecule has 0 amide bonds. The second kappa shape index (κ2) is 32.9. The van der Waals surface area contributed by atoms with Crippen molar-refractivity contribution >= 4 is 0 Å². The Labute approximate surface area is 242 Å². The van der Waals surface area contributed by atoms with Crippen LogP contribution in [0, 0.1) is 0 Å². The molecule has 0 saturated carbocycles. The molecule has 0 radical (unpaired) electrons. The summed E-state index contributed by atoms with van der Waals surface area (Å²) in [7, 11) is 0. The standard InChI is InChI=1S/C36H74N2/c1-3-5-7-9-11-13-15-17-19-21-23-25-27-29-31-33-35(37)36(38)34-32-30-28-26-24-22-20-18-16-14-12-10-8-6-4-2/h17,19,35-36H,3-16,18,20-34,37-38H2,1-2H3/b19-17-. The van der Waals surface area contributed by atoms with Crippen LogP contribution in [0.15, 0.2) is 12.2 Å². The van der Waals surface area contributed by atoms with Gasteiger partial charge in [-0.25, -0.2) is 0 Å². The van der Waals surface area contributed by atoms with Crippen molar-refractivity contribution in [2.75, 3.05) is 0 Å². The van der Waals surface area contributed by atoms with Crippen LogP contribution in [0.2, 0.25) is 0 Å². The van der Waals surface area contributed by atoms with Crippen LogP contribution in [0.3, 0.4) is 0 Å². The molecule has 228 valence electrons. The topological polar surface area (TPSA) is 52.0 Å². The Bertz CT molecular complexity index is 447. The largest absolute Gasteiger partial charge is 0.326 e. The van der Waals surface area contributed by atoms with E-state index in [9.17, 15) is 0 Å². The number of nitrogens with two attached hydrogens (primary N) is 2. The lowest BCUT2D eigenvalue weighted by Crippen LogP contribution is -2.41. The summed E-state index contributed by atoms with van der Waals surface area (Å²) in [6.07, 6.45) is 45.9. The fourth-order valence-corrected chi connectivity index (χ4v) is 5.63. The average Bonchev–Trinajstić information content (AvgIpc) is 2.92. The van der Waals surface area contributed by atoms with Crippen molar-refractivity contribution in [3.8, 4) is 0 Å². The Morgan fingerprint density at radius 3 is 0.868 bits per heavy atom. The molecule has 4 N–H and O–H groups in total. The van der Waals surface area contributed by atoms with E-state index in [1.165, 1.54) is 180 Å². The lowest BCUT2D eigenvalue weighted by Gasteiger charge is -2.19. The van der Waals surface area contributed by atoms with Crippen LogP contribution in [-0.2, 0) is 0 Å². The molecule has 0 fully saturated rings.